The predicted octanol–water partition coefficient (Wildman–Crippen LogP) is 2.77. The molecule has 2 saturated carbocycles. The smallest absolute Gasteiger partial charge is 0.339 e. The molecule has 50 heavy (non-hydrogen) atoms. The second-order valence-electron chi connectivity index (χ2n) is 15.0. The van der Waals surface area contributed by atoms with Crippen LogP contribution in [0.25, 0.3) is 0 Å². The average molecular weight is 691 g/mol. The summed E-state index contributed by atoms with van der Waals surface area (Å²) in [7, 11) is 0. The third-order valence-corrected chi connectivity index (χ3v) is 12.0. The van der Waals surface area contributed by atoms with E-state index in [1.54, 1.807) is 39.0 Å². The van der Waals surface area contributed by atoms with E-state index in [0.29, 0.717) is 5.57 Å². The van der Waals surface area contributed by atoms with Gasteiger partial charge in [0.1, 0.15) is 36.1 Å². The highest BCUT2D eigenvalue weighted by Crippen LogP contribution is 2.64. The lowest BCUT2D eigenvalue weighted by atomic mass is 9.44. The van der Waals surface area contributed by atoms with Gasteiger partial charge in [-0.15, -0.1) is 0 Å². The Labute approximate surface area is 289 Å². The van der Waals surface area contributed by atoms with Crippen molar-refractivity contribution in [2.24, 2.45) is 16.7 Å². The molecule has 2 aromatic rings. The maximum absolute atomic E-state index is 14.8. The van der Waals surface area contributed by atoms with Gasteiger partial charge in [0.25, 0.3) is 0 Å². The zero-order valence-corrected chi connectivity index (χ0v) is 28.5. The van der Waals surface area contributed by atoms with Gasteiger partial charge < -0.3 is 39.0 Å². The van der Waals surface area contributed by atoms with E-state index < -0.39 is 94.4 Å². The van der Waals surface area contributed by atoms with Crippen molar-refractivity contribution in [2.45, 2.75) is 101 Å². The quantitative estimate of drug-likeness (QED) is 0.175. The summed E-state index contributed by atoms with van der Waals surface area (Å²) in [6, 6.07) is 17.2. The Morgan fingerprint density at radius 1 is 0.940 bits per heavy atom. The van der Waals surface area contributed by atoms with E-state index in [-0.39, 0.29) is 30.6 Å². The van der Waals surface area contributed by atoms with Crippen molar-refractivity contribution in [1.29, 1.82) is 0 Å². The van der Waals surface area contributed by atoms with E-state index in [2.05, 4.69) is 0 Å². The number of ketones is 1. The zero-order valence-electron chi connectivity index (χ0n) is 28.5. The maximum Gasteiger partial charge on any atom is 0.339 e. The Bertz CT molecular complexity index is 1750. The molecule has 2 aliphatic heterocycles. The molecule has 0 radical (unpaired) electrons. The Morgan fingerprint density at radius 2 is 1.58 bits per heavy atom. The lowest BCUT2D eigenvalue weighted by molar-refractivity contribution is -0.345. The molecule has 4 fully saturated rings. The first-order valence-electron chi connectivity index (χ1n) is 16.9. The SMILES string of the molecule is CC(=O)O[C@@]12CO[C@@H]1C[C@H](O)[C@@]1(C)C(=O)[C@H](O)C3=C(C)C(OC(=O)[C@@H]4O[C@@H]4c4ccccc4)C[C@@](O)([C@@H](OC(=O)c4ccccc4)C12)C3(C)C. The molecule has 2 bridgehead atoms. The summed E-state index contributed by atoms with van der Waals surface area (Å²) in [5.41, 5.74) is -5.88. The van der Waals surface area contributed by atoms with Crippen LogP contribution < -0.4 is 0 Å². The van der Waals surface area contributed by atoms with Gasteiger partial charge in [-0.2, -0.15) is 0 Å². The van der Waals surface area contributed by atoms with Crippen LogP contribution in [0.4, 0.5) is 0 Å². The molecule has 2 aromatic carbocycles. The highest BCUT2D eigenvalue weighted by molar-refractivity contribution is 5.94. The van der Waals surface area contributed by atoms with Crippen LogP contribution in [-0.2, 0) is 38.1 Å². The fourth-order valence-electron chi connectivity index (χ4n) is 9.17. The second-order valence-corrected chi connectivity index (χ2v) is 15.0. The zero-order chi connectivity index (χ0) is 36.0. The van der Waals surface area contributed by atoms with Crippen molar-refractivity contribution < 1.29 is 58.2 Å². The molecule has 2 heterocycles. The summed E-state index contributed by atoms with van der Waals surface area (Å²) in [4.78, 5) is 55.0. The number of hydrogen-bond donors (Lipinski definition) is 3. The van der Waals surface area contributed by atoms with Crippen LogP contribution >= 0.6 is 0 Å². The van der Waals surface area contributed by atoms with Crippen molar-refractivity contribution in [1.82, 2.24) is 0 Å². The summed E-state index contributed by atoms with van der Waals surface area (Å²) < 4.78 is 29.8. The maximum atomic E-state index is 14.8. The molecule has 0 aromatic heterocycles. The molecule has 2 unspecified atom stereocenters. The van der Waals surface area contributed by atoms with Crippen LogP contribution in [0.3, 0.4) is 0 Å². The van der Waals surface area contributed by atoms with E-state index in [1.807, 2.05) is 30.3 Å². The number of esters is 3. The van der Waals surface area contributed by atoms with Crippen LogP contribution in [0, 0.1) is 16.7 Å². The number of fused-ring (bicyclic) bond motifs is 5. The highest BCUT2D eigenvalue weighted by atomic mass is 16.6. The van der Waals surface area contributed by atoms with Gasteiger partial charge in [-0.3, -0.25) is 9.59 Å². The second kappa shape index (κ2) is 11.8. The van der Waals surface area contributed by atoms with Gasteiger partial charge >= 0.3 is 17.9 Å². The van der Waals surface area contributed by atoms with Crippen LogP contribution in [0.1, 0.15) is 69.5 Å². The highest BCUT2D eigenvalue weighted by Gasteiger charge is 2.78. The fraction of sp³-hybridized carbons (Fsp3) is 0.526. The van der Waals surface area contributed by atoms with Crippen molar-refractivity contribution in [3.8, 4) is 0 Å². The van der Waals surface area contributed by atoms with Gasteiger partial charge in [0.15, 0.2) is 17.5 Å². The topological polar surface area (TPSA) is 178 Å². The number of rotatable bonds is 6. The molecule has 2 saturated heterocycles. The fourth-order valence-corrected chi connectivity index (χ4v) is 9.17. The molecule has 266 valence electrons. The number of hydrogen-bond acceptors (Lipinski definition) is 12. The van der Waals surface area contributed by atoms with Crippen LogP contribution in [0.2, 0.25) is 0 Å². The molecule has 0 amide bonds. The molecule has 3 N–H and O–H groups in total. The van der Waals surface area contributed by atoms with Gasteiger partial charge in [0, 0.05) is 25.2 Å². The van der Waals surface area contributed by atoms with E-state index in [0.717, 1.165) is 5.56 Å². The minimum atomic E-state index is -2.18. The summed E-state index contributed by atoms with van der Waals surface area (Å²) in [6.07, 6.45) is -9.00. The lowest BCUT2D eigenvalue weighted by Crippen LogP contribution is -2.81. The summed E-state index contributed by atoms with van der Waals surface area (Å²) >= 11 is 0. The largest absolute Gasteiger partial charge is 0.456 e. The first kappa shape index (κ1) is 34.5. The number of carbonyl (C=O) groups excluding carboxylic acids is 4. The van der Waals surface area contributed by atoms with Crippen LogP contribution in [0.15, 0.2) is 71.8 Å². The van der Waals surface area contributed by atoms with Crippen molar-refractivity contribution >= 4 is 23.7 Å². The number of Topliss-reactive ketones (excluding diaryl/α,β-unsaturated/α-hetero) is 1. The minimum Gasteiger partial charge on any atom is -0.456 e. The molecule has 11 atom stereocenters. The monoisotopic (exact) mass is 690 g/mol. The Kier molecular flexibility index (Phi) is 8.15. The van der Waals surface area contributed by atoms with E-state index in [9.17, 15) is 34.5 Å². The molecule has 12 heteroatoms. The van der Waals surface area contributed by atoms with Gasteiger partial charge in [0.2, 0.25) is 0 Å². The number of aliphatic hydroxyl groups is 3. The molecule has 0 spiro atoms. The normalized spacial score (nSPS) is 39.8. The third kappa shape index (κ3) is 4.90. The third-order valence-electron chi connectivity index (χ3n) is 12.0. The van der Waals surface area contributed by atoms with E-state index in [4.69, 9.17) is 23.7 Å². The number of aliphatic hydroxyl groups excluding tert-OH is 2. The van der Waals surface area contributed by atoms with Crippen LogP contribution in [0.5, 0.6) is 0 Å². The average Bonchev–Trinajstić information content (AvgIpc) is 3.88. The Morgan fingerprint density at radius 3 is 2.18 bits per heavy atom. The van der Waals surface area contributed by atoms with Crippen molar-refractivity contribution in [2.75, 3.05) is 6.61 Å². The van der Waals surface area contributed by atoms with Gasteiger partial charge in [-0.05, 0) is 42.7 Å². The number of ether oxygens (including phenoxy) is 5. The van der Waals surface area contributed by atoms with Gasteiger partial charge in [-0.25, -0.2) is 9.59 Å². The van der Waals surface area contributed by atoms with Crippen molar-refractivity contribution in [3.05, 3.63) is 82.9 Å². The summed E-state index contributed by atoms with van der Waals surface area (Å²) in [5.74, 6) is -4.49. The van der Waals surface area contributed by atoms with Crippen LogP contribution in [-0.4, -0.2) is 93.4 Å². The van der Waals surface area contributed by atoms with E-state index >= 15 is 0 Å². The lowest BCUT2D eigenvalue weighted by Gasteiger charge is -2.67. The molecular weight excluding hydrogens is 648 g/mol. The molecule has 5 aliphatic rings. The first-order valence-corrected chi connectivity index (χ1v) is 16.9. The van der Waals surface area contributed by atoms with Gasteiger partial charge in [-0.1, -0.05) is 62.4 Å². The molecular formula is C38H42O12. The molecule has 7 rings (SSSR count). The number of epoxide rings is 1. The number of carbonyl (C=O) groups is 4. The molecule has 3 aliphatic carbocycles. The molecule has 12 nitrogen and oxygen atoms in total. The van der Waals surface area contributed by atoms with Crippen molar-refractivity contribution in [3.63, 3.8) is 0 Å². The van der Waals surface area contributed by atoms with E-state index in [1.165, 1.54) is 26.0 Å². The summed E-state index contributed by atoms with van der Waals surface area (Å²) in [6.45, 7) is 7.27. The number of benzene rings is 2. The standard InChI is InChI=1S/C38H42O12/c1-19-23(47-34(44)29-28(48-29)21-12-8-6-9-13-21)17-38(45)32(49-33(43)22-14-10-7-11-15-22)30-36(5,31(42)27(41)26(19)35(38,3)4)24(40)16-25-37(30,18-46-25)50-20(2)39/h6-15,23-25,27-30,32,40-41,45H,16-18H2,1-5H3/t23?,24-,25+,27+,28+,29+,30?,32-,36+,37-,38+/m0/s1. The predicted molar refractivity (Wildman–Crippen MR) is 173 cm³/mol. The first-order chi connectivity index (χ1) is 23.6. The van der Waals surface area contributed by atoms with Gasteiger partial charge in [0.05, 0.1) is 29.6 Å². The Hall–Kier alpha value is -3.94. The summed E-state index contributed by atoms with van der Waals surface area (Å²) in [5, 5.41) is 37.1. The minimum absolute atomic E-state index is 0.0755. The Balaban J connectivity index is 1.38.